The summed E-state index contributed by atoms with van der Waals surface area (Å²) < 4.78 is 58.2. The van der Waals surface area contributed by atoms with Crippen molar-refractivity contribution in [2.75, 3.05) is 5.32 Å². The van der Waals surface area contributed by atoms with Gasteiger partial charge in [0, 0.05) is 17.4 Å². The first kappa shape index (κ1) is 25.4. The minimum Gasteiger partial charge on any atom is -0.308 e. The van der Waals surface area contributed by atoms with Crippen LogP contribution in [0.4, 0.5) is 28.0 Å². The van der Waals surface area contributed by atoms with Crippen molar-refractivity contribution in [1.82, 2.24) is 19.2 Å². The molecule has 6 rings (SSSR count). The average Bonchev–Trinajstić information content (AvgIpc) is 3.49. The van der Waals surface area contributed by atoms with Crippen LogP contribution in [-0.4, -0.2) is 25.3 Å². The molecule has 5 aromatic rings. The third-order valence-electron chi connectivity index (χ3n) is 6.95. The number of carbonyl (C=O) groups excluding carboxylic acids is 1. The van der Waals surface area contributed by atoms with Crippen LogP contribution in [0.5, 0.6) is 0 Å². The molecule has 2 amide bonds. The molecule has 0 bridgehead atoms. The Morgan fingerprint density at radius 1 is 0.950 bits per heavy atom. The van der Waals surface area contributed by atoms with Crippen molar-refractivity contribution in [2.45, 2.75) is 25.7 Å². The van der Waals surface area contributed by atoms with Gasteiger partial charge in [0.2, 0.25) is 0 Å². The minimum atomic E-state index is -4.56. The first-order chi connectivity index (χ1) is 19.2. The molecule has 202 valence electrons. The number of nitrogens with one attached hydrogen (secondary N) is 1. The molecule has 40 heavy (non-hydrogen) atoms. The highest BCUT2D eigenvalue weighted by molar-refractivity contribution is 5.90. The van der Waals surface area contributed by atoms with Crippen molar-refractivity contribution >= 4 is 11.7 Å². The Labute approximate surface area is 227 Å². The average molecular weight is 546 g/mol. The molecule has 2 aromatic heterocycles. The van der Waals surface area contributed by atoms with E-state index >= 15 is 0 Å². The van der Waals surface area contributed by atoms with Gasteiger partial charge in [-0.15, -0.1) is 0 Å². The summed E-state index contributed by atoms with van der Waals surface area (Å²) in [6.45, 7) is 1.91. The lowest BCUT2D eigenvalue weighted by Gasteiger charge is -2.31. The van der Waals surface area contributed by atoms with Crippen molar-refractivity contribution in [2.24, 2.45) is 0 Å². The zero-order valence-corrected chi connectivity index (χ0v) is 21.2. The number of hydrogen-bond donors (Lipinski definition) is 1. The topological polar surface area (TPSA) is 55.1 Å². The molecule has 10 heteroatoms. The molecule has 1 atom stereocenters. The molecule has 3 heterocycles. The van der Waals surface area contributed by atoms with Crippen molar-refractivity contribution in [3.05, 3.63) is 131 Å². The molecule has 0 saturated heterocycles. The van der Waals surface area contributed by atoms with E-state index in [0.717, 1.165) is 29.2 Å². The largest absolute Gasteiger partial charge is 0.416 e. The van der Waals surface area contributed by atoms with Crippen LogP contribution in [0.1, 0.15) is 34.1 Å². The summed E-state index contributed by atoms with van der Waals surface area (Å²) in [7, 11) is 0. The van der Waals surface area contributed by atoms with Crippen LogP contribution in [0.2, 0.25) is 0 Å². The molecule has 6 nitrogen and oxygen atoms in total. The zero-order valence-electron chi connectivity index (χ0n) is 21.2. The number of halogens is 4. The number of anilines is 1. The lowest BCUT2D eigenvalue weighted by Crippen LogP contribution is -2.38. The van der Waals surface area contributed by atoms with E-state index < -0.39 is 29.6 Å². The monoisotopic (exact) mass is 545 g/mol. The summed E-state index contributed by atoms with van der Waals surface area (Å²) in [5, 5.41) is 7.40. The van der Waals surface area contributed by atoms with E-state index in [0.29, 0.717) is 17.0 Å². The Bertz CT molecular complexity index is 1710. The fraction of sp³-hybridized carbons (Fsp3) is 0.133. The van der Waals surface area contributed by atoms with Gasteiger partial charge in [0.05, 0.1) is 35.2 Å². The summed E-state index contributed by atoms with van der Waals surface area (Å²) in [4.78, 5) is 15.4. The van der Waals surface area contributed by atoms with E-state index in [9.17, 15) is 22.4 Å². The number of carbonyl (C=O) groups is 1. The third-order valence-corrected chi connectivity index (χ3v) is 6.95. The highest BCUT2D eigenvalue weighted by Crippen LogP contribution is 2.39. The van der Waals surface area contributed by atoms with Crippen molar-refractivity contribution < 1.29 is 22.4 Å². The number of urea groups is 1. The summed E-state index contributed by atoms with van der Waals surface area (Å²) >= 11 is 0. The Kier molecular flexibility index (Phi) is 6.17. The van der Waals surface area contributed by atoms with Gasteiger partial charge in [-0.05, 0) is 67.1 Å². The lowest BCUT2D eigenvalue weighted by atomic mass is 10.0. The summed E-state index contributed by atoms with van der Waals surface area (Å²) in [6.07, 6.45) is -2.71. The van der Waals surface area contributed by atoms with Crippen LogP contribution in [0.25, 0.3) is 11.5 Å². The molecule has 0 spiro atoms. The number of aromatic nitrogens is 3. The Morgan fingerprint density at radius 2 is 1.73 bits per heavy atom. The first-order valence-corrected chi connectivity index (χ1v) is 12.5. The molecule has 1 aliphatic rings. The number of para-hydroxylation sites is 1. The maximum Gasteiger partial charge on any atom is 0.416 e. The highest BCUT2D eigenvalue weighted by atomic mass is 19.4. The quantitative estimate of drug-likeness (QED) is 0.243. The molecular weight excluding hydrogens is 522 g/mol. The van der Waals surface area contributed by atoms with Crippen molar-refractivity contribution in [3.8, 4) is 11.5 Å². The predicted octanol–water partition coefficient (Wildman–Crippen LogP) is 7.27. The van der Waals surface area contributed by atoms with Gasteiger partial charge in [-0.25, -0.2) is 13.9 Å². The van der Waals surface area contributed by atoms with Crippen LogP contribution in [-0.2, 0) is 12.7 Å². The normalized spacial score (nSPS) is 14.8. The van der Waals surface area contributed by atoms with E-state index in [2.05, 4.69) is 5.32 Å². The number of hydrogen-bond acceptors (Lipinski definition) is 2. The van der Waals surface area contributed by atoms with Crippen molar-refractivity contribution in [1.29, 1.82) is 0 Å². The molecule has 0 aliphatic carbocycles. The van der Waals surface area contributed by atoms with E-state index in [-0.39, 0.29) is 12.2 Å². The van der Waals surface area contributed by atoms with Gasteiger partial charge in [-0.2, -0.15) is 18.3 Å². The number of alkyl halides is 3. The molecule has 0 saturated carbocycles. The smallest absolute Gasteiger partial charge is 0.308 e. The van der Waals surface area contributed by atoms with Crippen LogP contribution in [0.3, 0.4) is 0 Å². The standard InChI is InChI=1S/C30H23F4N5O/c1-19-25-18-38(29(40)35-23-11-6-9-21(17-23)30(32,33)34)27(20-8-5-10-22(31)16-20)26-14-7-15-37(26)28(25)39(36-19)24-12-3-2-4-13-24/h2-17,27H,18H2,1H3,(H,35,40)/t27-/m0/s1. The number of rotatable bonds is 3. The fourth-order valence-electron chi connectivity index (χ4n) is 5.15. The van der Waals surface area contributed by atoms with E-state index in [1.54, 1.807) is 16.8 Å². The van der Waals surface area contributed by atoms with Gasteiger partial charge < -0.3 is 14.8 Å². The Balaban J connectivity index is 1.51. The number of aryl methyl sites for hydroxylation is 1. The van der Waals surface area contributed by atoms with Crippen molar-refractivity contribution in [3.63, 3.8) is 0 Å². The number of nitrogens with zero attached hydrogens (tertiary/aromatic N) is 4. The fourth-order valence-corrected chi connectivity index (χ4v) is 5.15. The maximum atomic E-state index is 14.5. The third kappa shape index (κ3) is 4.51. The number of benzene rings is 3. The van der Waals surface area contributed by atoms with Gasteiger partial charge in [0.15, 0.2) is 0 Å². The number of fused-ring (bicyclic) bond motifs is 3. The molecule has 1 aliphatic heterocycles. The number of amides is 2. The first-order valence-electron chi connectivity index (χ1n) is 12.5. The summed E-state index contributed by atoms with van der Waals surface area (Å²) in [6, 6.07) is 22.3. The summed E-state index contributed by atoms with van der Waals surface area (Å²) in [5.74, 6) is 0.252. The van der Waals surface area contributed by atoms with E-state index in [1.807, 2.05) is 60.2 Å². The molecule has 0 radical (unpaired) electrons. The molecule has 3 aromatic carbocycles. The second-order valence-electron chi connectivity index (χ2n) is 9.53. The van der Waals surface area contributed by atoms with Crippen LogP contribution in [0, 0.1) is 12.7 Å². The van der Waals surface area contributed by atoms with E-state index in [4.69, 9.17) is 5.10 Å². The maximum absolute atomic E-state index is 14.5. The molecule has 0 unspecified atom stereocenters. The zero-order chi connectivity index (χ0) is 28.0. The Morgan fingerprint density at radius 3 is 2.48 bits per heavy atom. The SMILES string of the molecule is Cc1nn(-c2ccccc2)c2c1CN(C(=O)Nc1cccc(C(F)(F)F)c1)[C@@H](c1cccc(F)c1)c1cccn1-2. The van der Waals surface area contributed by atoms with Gasteiger partial charge in [-0.3, -0.25) is 0 Å². The van der Waals surface area contributed by atoms with Gasteiger partial charge in [-0.1, -0.05) is 36.4 Å². The van der Waals surface area contributed by atoms with Crippen LogP contribution in [0.15, 0.2) is 97.2 Å². The predicted molar refractivity (Wildman–Crippen MR) is 142 cm³/mol. The van der Waals surface area contributed by atoms with Gasteiger partial charge in [0.25, 0.3) is 0 Å². The molecular formula is C30H23F4N5O. The molecule has 1 N–H and O–H groups in total. The van der Waals surface area contributed by atoms with Crippen LogP contribution < -0.4 is 5.32 Å². The highest BCUT2D eigenvalue weighted by Gasteiger charge is 2.36. The molecule has 0 fully saturated rings. The van der Waals surface area contributed by atoms with Gasteiger partial charge >= 0.3 is 12.2 Å². The second-order valence-corrected chi connectivity index (χ2v) is 9.53. The van der Waals surface area contributed by atoms with Gasteiger partial charge in [0.1, 0.15) is 11.6 Å². The minimum absolute atomic E-state index is 0.00521. The summed E-state index contributed by atoms with van der Waals surface area (Å²) in [5.41, 5.74) is 2.54. The Hall–Kier alpha value is -4.86. The van der Waals surface area contributed by atoms with E-state index in [1.165, 1.54) is 29.2 Å². The van der Waals surface area contributed by atoms with Crippen LogP contribution >= 0.6 is 0 Å². The second kappa shape index (κ2) is 9.71. The lowest BCUT2D eigenvalue weighted by molar-refractivity contribution is -0.137.